The summed E-state index contributed by atoms with van der Waals surface area (Å²) in [5.41, 5.74) is 6.10. The van der Waals surface area contributed by atoms with Gasteiger partial charge >= 0.3 is 0 Å². The number of hydrazone groups is 1. The molecule has 0 fully saturated rings. The number of carbonyl (C=O) groups is 1. The van der Waals surface area contributed by atoms with Crippen LogP contribution in [0.25, 0.3) is 6.08 Å². The van der Waals surface area contributed by atoms with Gasteiger partial charge in [-0.1, -0.05) is 66.7 Å². The van der Waals surface area contributed by atoms with Crippen molar-refractivity contribution in [3.8, 4) is 5.75 Å². The molecule has 0 atom stereocenters. The van der Waals surface area contributed by atoms with Crippen LogP contribution < -0.4 is 15.5 Å². The van der Waals surface area contributed by atoms with Crippen LogP contribution in [-0.2, 0) is 4.79 Å². The summed E-state index contributed by atoms with van der Waals surface area (Å²) in [5, 5.41) is 7.38. The fourth-order valence-corrected chi connectivity index (χ4v) is 2.60. The second kappa shape index (κ2) is 10.5. The number of rotatable bonds is 8. The minimum absolute atomic E-state index is 0.111. The summed E-state index contributed by atoms with van der Waals surface area (Å²) in [4.78, 5) is 12.2. The van der Waals surface area contributed by atoms with Crippen molar-refractivity contribution in [3.63, 3.8) is 0 Å². The van der Waals surface area contributed by atoms with Crippen LogP contribution in [0.15, 0.2) is 96.1 Å². The van der Waals surface area contributed by atoms with E-state index in [0.717, 1.165) is 22.6 Å². The SMILES string of the molecule is COc1ccc(NCC(=O)NN=C(C=Cc2ccccc2)c2ccccc2)cc1. The molecule has 0 spiro atoms. The molecule has 3 rings (SSSR count). The van der Waals surface area contributed by atoms with E-state index in [1.54, 1.807) is 7.11 Å². The molecule has 2 N–H and O–H groups in total. The molecule has 146 valence electrons. The molecule has 0 aliphatic carbocycles. The summed E-state index contributed by atoms with van der Waals surface area (Å²) in [6, 6.07) is 27.1. The molecule has 0 aliphatic rings. The van der Waals surface area contributed by atoms with E-state index in [1.807, 2.05) is 97.1 Å². The number of nitrogens with one attached hydrogen (secondary N) is 2. The van der Waals surface area contributed by atoms with Gasteiger partial charge < -0.3 is 10.1 Å². The van der Waals surface area contributed by atoms with E-state index in [0.29, 0.717) is 5.71 Å². The van der Waals surface area contributed by atoms with Gasteiger partial charge in [-0.05, 0) is 35.9 Å². The van der Waals surface area contributed by atoms with Crippen molar-refractivity contribution in [2.45, 2.75) is 0 Å². The number of ether oxygens (including phenoxy) is 1. The number of carbonyl (C=O) groups excluding carboxylic acids is 1. The smallest absolute Gasteiger partial charge is 0.259 e. The maximum absolute atomic E-state index is 12.2. The first-order valence-electron chi connectivity index (χ1n) is 9.27. The largest absolute Gasteiger partial charge is 0.497 e. The molecule has 0 heterocycles. The highest BCUT2D eigenvalue weighted by molar-refractivity contribution is 6.11. The van der Waals surface area contributed by atoms with Crippen LogP contribution in [0.2, 0.25) is 0 Å². The molecule has 0 aromatic heterocycles. The van der Waals surface area contributed by atoms with Crippen LogP contribution in [0.1, 0.15) is 11.1 Å². The highest BCUT2D eigenvalue weighted by Crippen LogP contribution is 2.14. The van der Waals surface area contributed by atoms with Crippen molar-refractivity contribution < 1.29 is 9.53 Å². The van der Waals surface area contributed by atoms with Gasteiger partial charge in [0.15, 0.2) is 0 Å². The van der Waals surface area contributed by atoms with Crippen LogP contribution in [-0.4, -0.2) is 25.3 Å². The number of hydrogen-bond donors (Lipinski definition) is 2. The van der Waals surface area contributed by atoms with Crippen LogP contribution >= 0.6 is 0 Å². The maximum Gasteiger partial charge on any atom is 0.259 e. The average Bonchev–Trinajstić information content (AvgIpc) is 2.79. The summed E-state index contributed by atoms with van der Waals surface area (Å²) < 4.78 is 5.13. The van der Waals surface area contributed by atoms with Crippen molar-refractivity contribution in [2.75, 3.05) is 19.0 Å². The molecule has 29 heavy (non-hydrogen) atoms. The summed E-state index contributed by atoms with van der Waals surface area (Å²) >= 11 is 0. The Bertz CT molecular complexity index is 966. The van der Waals surface area contributed by atoms with E-state index in [-0.39, 0.29) is 12.5 Å². The van der Waals surface area contributed by atoms with E-state index in [1.165, 1.54) is 0 Å². The minimum atomic E-state index is -0.234. The summed E-state index contributed by atoms with van der Waals surface area (Å²) in [6.45, 7) is 0.111. The van der Waals surface area contributed by atoms with Gasteiger partial charge in [-0.3, -0.25) is 4.79 Å². The Morgan fingerprint density at radius 2 is 1.59 bits per heavy atom. The van der Waals surface area contributed by atoms with Crippen LogP contribution in [0.5, 0.6) is 5.75 Å². The second-order valence-corrected chi connectivity index (χ2v) is 6.22. The first kappa shape index (κ1) is 19.9. The van der Waals surface area contributed by atoms with E-state index < -0.39 is 0 Å². The number of hydrogen-bond acceptors (Lipinski definition) is 4. The van der Waals surface area contributed by atoms with Gasteiger partial charge in [0.05, 0.1) is 19.4 Å². The van der Waals surface area contributed by atoms with Gasteiger partial charge in [0.2, 0.25) is 0 Å². The number of anilines is 1. The highest BCUT2D eigenvalue weighted by atomic mass is 16.5. The van der Waals surface area contributed by atoms with E-state index in [4.69, 9.17) is 4.74 Å². The monoisotopic (exact) mass is 385 g/mol. The molecule has 0 saturated heterocycles. The molecule has 3 aromatic carbocycles. The Hall–Kier alpha value is -3.86. The molecular weight excluding hydrogens is 362 g/mol. The highest BCUT2D eigenvalue weighted by Gasteiger charge is 2.03. The van der Waals surface area contributed by atoms with Crippen LogP contribution in [0.4, 0.5) is 5.69 Å². The Kier molecular flexibility index (Phi) is 7.18. The zero-order valence-electron chi connectivity index (χ0n) is 16.2. The molecule has 0 bridgehead atoms. The third-order valence-electron chi connectivity index (χ3n) is 4.15. The number of nitrogens with zero attached hydrogens (tertiary/aromatic N) is 1. The zero-order chi connectivity index (χ0) is 20.3. The summed E-state index contributed by atoms with van der Waals surface area (Å²) in [5.74, 6) is 0.532. The Morgan fingerprint density at radius 1 is 0.931 bits per heavy atom. The molecule has 0 saturated carbocycles. The number of methoxy groups -OCH3 is 1. The first-order chi connectivity index (χ1) is 14.2. The molecule has 0 unspecified atom stereocenters. The molecule has 1 amide bonds. The van der Waals surface area contributed by atoms with Gasteiger partial charge in [-0.2, -0.15) is 5.10 Å². The zero-order valence-corrected chi connectivity index (χ0v) is 16.2. The lowest BCUT2D eigenvalue weighted by Gasteiger charge is -2.07. The van der Waals surface area contributed by atoms with Gasteiger partial charge in [0.1, 0.15) is 5.75 Å². The predicted molar refractivity (Wildman–Crippen MR) is 118 cm³/mol. The van der Waals surface area contributed by atoms with E-state index in [2.05, 4.69) is 15.8 Å². The second-order valence-electron chi connectivity index (χ2n) is 6.22. The first-order valence-corrected chi connectivity index (χ1v) is 9.27. The predicted octanol–water partition coefficient (Wildman–Crippen LogP) is 4.34. The summed E-state index contributed by atoms with van der Waals surface area (Å²) in [7, 11) is 1.62. The molecule has 5 heteroatoms. The Labute approximate surface area is 170 Å². The van der Waals surface area contributed by atoms with Gasteiger partial charge in [0, 0.05) is 11.3 Å². The number of benzene rings is 3. The van der Waals surface area contributed by atoms with Gasteiger partial charge in [0.25, 0.3) is 5.91 Å². The van der Waals surface area contributed by atoms with Crippen molar-refractivity contribution in [2.24, 2.45) is 5.10 Å². The van der Waals surface area contributed by atoms with Crippen molar-refractivity contribution in [3.05, 3.63) is 102 Å². The van der Waals surface area contributed by atoms with Gasteiger partial charge in [-0.15, -0.1) is 0 Å². The molecule has 3 aromatic rings. The molecule has 0 radical (unpaired) electrons. The fourth-order valence-electron chi connectivity index (χ4n) is 2.60. The number of allylic oxidation sites excluding steroid dienone is 1. The average molecular weight is 385 g/mol. The minimum Gasteiger partial charge on any atom is -0.497 e. The Balaban J connectivity index is 1.65. The fraction of sp³-hybridized carbons (Fsp3) is 0.0833. The quantitative estimate of drug-likeness (QED) is 0.448. The van der Waals surface area contributed by atoms with E-state index in [9.17, 15) is 4.79 Å². The number of amides is 1. The van der Waals surface area contributed by atoms with Crippen LogP contribution in [0.3, 0.4) is 0 Å². The van der Waals surface area contributed by atoms with Crippen molar-refractivity contribution in [1.29, 1.82) is 0 Å². The normalized spacial score (nSPS) is 11.3. The lowest BCUT2D eigenvalue weighted by Crippen LogP contribution is -2.26. The van der Waals surface area contributed by atoms with E-state index >= 15 is 0 Å². The summed E-state index contributed by atoms with van der Waals surface area (Å²) in [6.07, 6.45) is 3.86. The van der Waals surface area contributed by atoms with Gasteiger partial charge in [-0.25, -0.2) is 5.43 Å². The molecular formula is C24H23N3O2. The maximum atomic E-state index is 12.2. The third-order valence-corrected chi connectivity index (χ3v) is 4.15. The molecule has 5 nitrogen and oxygen atoms in total. The van der Waals surface area contributed by atoms with Crippen molar-refractivity contribution in [1.82, 2.24) is 5.43 Å². The Morgan fingerprint density at radius 3 is 2.24 bits per heavy atom. The lowest BCUT2D eigenvalue weighted by molar-refractivity contribution is -0.119. The lowest BCUT2D eigenvalue weighted by atomic mass is 10.1. The molecule has 0 aliphatic heterocycles. The van der Waals surface area contributed by atoms with Crippen molar-refractivity contribution >= 4 is 23.4 Å². The standard InChI is InChI=1S/C24H23N3O2/c1-29-22-15-13-21(14-16-22)25-18-24(28)27-26-23(20-10-6-3-7-11-20)17-12-19-8-4-2-5-9-19/h2-17,25H,18H2,1H3,(H,27,28). The third kappa shape index (κ3) is 6.36. The topological polar surface area (TPSA) is 62.7 Å². The van der Waals surface area contributed by atoms with Crippen LogP contribution in [0, 0.1) is 0 Å².